The van der Waals surface area contributed by atoms with E-state index in [4.69, 9.17) is 0 Å². The molecule has 0 atom stereocenters. The Morgan fingerprint density at radius 1 is 1.47 bits per heavy atom. The van der Waals surface area contributed by atoms with Crippen LogP contribution < -0.4 is 5.32 Å². The summed E-state index contributed by atoms with van der Waals surface area (Å²) < 4.78 is 0. The van der Waals surface area contributed by atoms with Gasteiger partial charge in [0.1, 0.15) is 0 Å². The molecule has 0 amide bonds. The van der Waals surface area contributed by atoms with Crippen LogP contribution in [0.2, 0.25) is 0 Å². The summed E-state index contributed by atoms with van der Waals surface area (Å²) >= 11 is 1.96. The second-order valence-corrected chi connectivity index (χ2v) is 6.36. The molecule has 1 spiro atoms. The van der Waals surface area contributed by atoms with Crippen molar-refractivity contribution in [3.05, 3.63) is 21.9 Å². The number of rotatable bonds is 1. The van der Waals surface area contributed by atoms with Crippen molar-refractivity contribution in [2.45, 2.75) is 38.6 Å². The highest BCUT2D eigenvalue weighted by atomic mass is 32.1. The molecule has 1 aliphatic heterocycles. The summed E-state index contributed by atoms with van der Waals surface area (Å²) in [6.45, 7) is 5.89. The molecular formula is C13H19NS. The third kappa shape index (κ3) is 1.38. The first-order valence-corrected chi connectivity index (χ1v) is 6.91. The minimum Gasteiger partial charge on any atom is -0.306 e. The maximum atomic E-state index is 3.77. The van der Waals surface area contributed by atoms with E-state index in [9.17, 15) is 0 Å². The molecule has 1 saturated carbocycles. The van der Waals surface area contributed by atoms with Gasteiger partial charge in [0.15, 0.2) is 0 Å². The van der Waals surface area contributed by atoms with Crippen LogP contribution in [0.4, 0.5) is 0 Å². The zero-order chi connectivity index (χ0) is 10.5. The van der Waals surface area contributed by atoms with Crippen molar-refractivity contribution in [1.29, 1.82) is 0 Å². The van der Waals surface area contributed by atoms with E-state index in [1.54, 1.807) is 10.4 Å². The predicted octanol–water partition coefficient (Wildman–Crippen LogP) is 3.16. The normalized spacial score (nSPS) is 34.2. The molecule has 0 aromatic carbocycles. The summed E-state index contributed by atoms with van der Waals surface area (Å²) in [4.78, 5) is 1.64. The molecule has 0 radical (unpaired) electrons. The van der Waals surface area contributed by atoms with Gasteiger partial charge in [-0.3, -0.25) is 0 Å². The van der Waals surface area contributed by atoms with Gasteiger partial charge < -0.3 is 5.32 Å². The topological polar surface area (TPSA) is 12.0 Å². The Balaban J connectivity index is 1.86. The van der Waals surface area contributed by atoms with Crippen LogP contribution in [0.3, 0.4) is 0 Å². The monoisotopic (exact) mass is 221 g/mol. The van der Waals surface area contributed by atoms with Crippen LogP contribution in [-0.4, -0.2) is 6.54 Å². The van der Waals surface area contributed by atoms with E-state index in [1.165, 1.54) is 25.8 Å². The molecule has 1 fully saturated rings. The first-order valence-electron chi connectivity index (χ1n) is 6.03. The zero-order valence-corrected chi connectivity index (χ0v) is 10.4. The van der Waals surface area contributed by atoms with Gasteiger partial charge in [0.2, 0.25) is 0 Å². The van der Waals surface area contributed by atoms with Gasteiger partial charge in [0.05, 0.1) is 5.54 Å². The van der Waals surface area contributed by atoms with E-state index in [2.05, 4.69) is 30.6 Å². The van der Waals surface area contributed by atoms with Crippen molar-refractivity contribution >= 4 is 11.3 Å². The smallest absolute Gasteiger partial charge is 0.0537 e. The van der Waals surface area contributed by atoms with Crippen molar-refractivity contribution in [3.8, 4) is 0 Å². The molecule has 3 rings (SSSR count). The van der Waals surface area contributed by atoms with Gasteiger partial charge in [-0.05, 0) is 48.1 Å². The molecule has 1 N–H and O–H groups in total. The third-order valence-electron chi connectivity index (χ3n) is 4.20. The lowest BCUT2D eigenvalue weighted by Gasteiger charge is -2.52. The summed E-state index contributed by atoms with van der Waals surface area (Å²) in [7, 11) is 0. The van der Waals surface area contributed by atoms with Crippen LogP contribution in [0, 0.1) is 11.8 Å². The molecule has 0 unspecified atom stereocenters. The van der Waals surface area contributed by atoms with Gasteiger partial charge in [-0.2, -0.15) is 0 Å². The second kappa shape index (κ2) is 3.33. The van der Waals surface area contributed by atoms with Gasteiger partial charge in [-0.15, -0.1) is 11.3 Å². The van der Waals surface area contributed by atoms with E-state index < -0.39 is 0 Å². The van der Waals surface area contributed by atoms with Crippen LogP contribution in [0.5, 0.6) is 0 Å². The fraction of sp³-hybridized carbons (Fsp3) is 0.692. The van der Waals surface area contributed by atoms with Crippen molar-refractivity contribution < 1.29 is 0 Å². The summed E-state index contributed by atoms with van der Waals surface area (Å²) in [5.74, 6) is 1.79. The van der Waals surface area contributed by atoms with Gasteiger partial charge in [0.25, 0.3) is 0 Å². The summed E-state index contributed by atoms with van der Waals surface area (Å²) in [5, 5.41) is 6.04. The van der Waals surface area contributed by atoms with Crippen molar-refractivity contribution in [2.24, 2.45) is 11.8 Å². The van der Waals surface area contributed by atoms with Gasteiger partial charge in [-0.1, -0.05) is 13.8 Å². The van der Waals surface area contributed by atoms with Crippen LogP contribution in [0.25, 0.3) is 0 Å². The Bertz CT molecular complexity index is 360. The van der Waals surface area contributed by atoms with Crippen molar-refractivity contribution in [1.82, 2.24) is 5.32 Å². The Hall–Kier alpha value is -0.340. The fourth-order valence-corrected chi connectivity index (χ4v) is 4.26. The van der Waals surface area contributed by atoms with E-state index in [1.807, 2.05) is 11.3 Å². The Labute approximate surface area is 95.9 Å². The summed E-state index contributed by atoms with van der Waals surface area (Å²) in [6.07, 6.45) is 3.95. The molecule has 2 aliphatic rings. The fourth-order valence-electron chi connectivity index (χ4n) is 3.11. The predicted molar refractivity (Wildman–Crippen MR) is 65.3 cm³/mol. The quantitative estimate of drug-likeness (QED) is 0.768. The van der Waals surface area contributed by atoms with Gasteiger partial charge in [0, 0.05) is 11.4 Å². The van der Waals surface area contributed by atoms with Crippen molar-refractivity contribution in [3.63, 3.8) is 0 Å². The second-order valence-electron chi connectivity index (χ2n) is 5.45. The zero-order valence-electron chi connectivity index (χ0n) is 9.55. The highest BCUT2D eigenvalue weighted by molar-refractivity contribution is 7.10. The van der Waals surface area contributed by atoms with Crippen LogP contribution in [0.15, 0.2) is 11.4 Å². The van der Waals surface area contributed by atoms with E-state index >= 15 is 0 Å². The lowest BCUT2D eigenvalue weighted by molar-refractivity contribution is 0.0657. The van der Waals surface area contributed by atoms with E-state index in [0.29, 0.717) is 5.54 Å². The molecule has 0 saturated heterocycles. The lowest BCUT2D eigenvalue weighted by atomic mass is 9.62. The highest BCUT2D eigenvalue weighted by Gasteiger charge is 2.48. The minimum absolute atomic E-state index is 0.386. The molecule has 0 bridgehead atoms. The molecule has 2 heteroatoms. The first kappa shape index (κ1) is 9.86. The summed E-state index contributed by atoms with van der Waals surface area (Å²) in [6, 6.07) is 2.32. The van der Waals surface area contributed by atoms with Crippen LogP contribution >= 0.6 is 11.3 Å². The highest BCUT2D eigenvalue weighted by Crippen LogP contribution is 2.52. The number of hydrogen-bond acceptors (Lipinski definition) is 2. The average Bonchev–Trinajstić information content (AvgIpc) is 2.60. The Morgan fingerprint density at radius 3 is 3.00 bits per heavy atom. The summed E-state index contributed by atoms with van der Waals surface area (Å²) in [5.41, 5.74) is 2.00. The van der Waals surface area contributed by atoms with E-state index in [0.717, 1.165) is 11.8 Å². The molecule has 82 valence electrons. The first-order chi connectivity index (χ1) is 7.21. The van der Waals surface area contributed by atoms with Gasteiger partial charge in [-0.25, -0.2) is 0 Å². The minimum atomic E-state index is 0.386. The molecule has 2 heterocycles. The Kier molecular flexibility index (Phi) is 2.18. The largest absolute Gasteiger partial charge is 0.306 e. The number of hydrogen-bond donors (Lipinski definition) is 1. The molecule has 1 nitrogen and oxygen atoms in total. The Morgan fingerprint density at radius 2 is 2.27 bits per heavy atom. The SMILES string of the molecule is CC(C)C1CC2(C1)NCCc1ccsc12. The maximum Gasteiger partial charge on any atom is 0.0537 e. The van der Waals surface area contributed by atoms with E-state index in [-0.39, 0.29) is 0 Å². The number of thiophene rings is 1. The molecular weight excluding hydrogens is 202 g/mol. The molecule has 1 aromatic rings. The lowest BCUT2D eigenvalue weighted by Crippen LogP contribution is -2.56. The average molecular weight is 221 g/mol. The molecule has 15 heavy (non-hydrogen) atoms. The van der Waals surface area contributed by atoms with Gasteiger partial charge >= 0.3 is 0 Å². The molecule has 1 aliphatic carbocycles. The maximum absolute atomic E-state index is 3.77. The van der Waals surface area contributed by atoms with Crippen LogP contribution in [-0.2, 0) is 12.0 Å². The number of nitrogens with one attached hydrogen (secondary N) is 1. The van der Waals surface area contributed by atoms with Crippen LogP contribution in [0.1, 0.15) is 37.1 Å². The number of fused-ring (bicyclic) bond motifs is 2. The molecule has 1 aromatic heterocycles. The standard InChI is InChI=1S/C13H19NS/c1-9(2)11-7-13(8-11)12-10(3-5-14-13)4-6-15-12/h4,6,9,11,14H,3,5,7-8H2,1-2H3. The van der Waals surface area contributed by atoms with Crippen molar-refractivity contribution in [2.75, 3.05) is 6.54 Å². The third-order valence-corrected chi connectivity index (χ3v) is 5.36.